The maximum atomic E-state index is 5.22. The van der Waals surface area contributed by atoms with E-state index in [1.807, 2.05) is 48.5 Å². The second kappa shape index (κ2) is 6.15. The van der Waals surface area contributed by atoms with E-state index in [1.165, 1.54) is 0 Å². The fourth-order valence-electron chi connectivity index (χ4n) is 1.88. The Morgan fingerprint density at radius 3 is 2.53 bits per heavy atom. The van der Waals surface area contributed by atoms with Gasteiger partial charge in [0.05, 0.1) is 30.0 Å². The summed E-state index contributed by atoms with van der Waals surface area (Å²) in [6.45, 7) is 0. The molecule has 0 aliphatic carbocycles. The Bertz CT molecular complexity index is 700. The van der Waals surface area contributed by atoms with Crippen molar-refractivity contribution in [1.29, 1.82) is 0 Å². The zero-order valence-electron chi connectivity index (χ0n) is 11.0. The summed E-state index contributed by atoms with van der Waals surface area (Å²) in [5, 5.41) is 0. The van der Waals surface area contributed by atoms with Gasteiger partial charge in [0.2, 0.25) is 0 Å². The number of benzene rings is 2. The molecule has 3 rings (SSSR count). The number of ether oxygens (including phenoxy) is 1. The van der Waals surface area contributed by atoms with Crippen LogP contribution in [-0.2, 0) is 0 Å². The van der Waals surface area contributed by atoms with E-state index in [-0.39, 0.29) is 29.6 Å². The molecule has 0 fully saturated rings. The summed E-state index contributed by atoms with van der Waals surface area (Å²) >= 11 is 0. The Labute approximate surface area is 134 Å². The van der Waals surface area contributed by atoms with Crippen molar-refractivity contribution in [1.82, 2.24) is 9.97 Å². The molecule has 0 spiro atoms. The molecule has 0 aliphatic rings. The van der Waals surface area contributed by atoms with Crippen molar-refractivity contribution < 1.29 is 34.3 Å². The van der Waals surface area contributed by atoms with Gasteiger partial charge in [-0.25, -0.2) is 4.98 Å². The first-order chi connectivity index (χ1) is 8.86. The van der Waals surface area contributed by atoms with E-state index in [4.69, 9.17) is 4.74 Å². The topological polar surface area (TPSA) is 35.0 Å². The van der Waals surface area contributed by atoms with E-state index in [1.54, 1.807) is 13.3 Å². The van der Waals surface area contributed by atoms with E-state index < -0.39 is 0 Å². The summed E-state index contributed by atoms with van der Waals surface area (Å²) in [7, 11) is 1.66. The van der Waals surface area contributed by atoms with E-state index in [2.05, 4.69) is 9.97 Å². The summed E-state index contributed by atoms with van der Waals surface area (Å²) < 4.78 is 5.22. The summed E-state index contributed by atoms with van der Waals surface area (Å²) in [4.78, 5) is 9.01. The minimum absolute atomic E-state index is 0. The molecule has 1 aromatic heterocycles. The van der Waals surface area contributed by atoms with E-state index in [0.29, 0.717) is 0 Å². The van der Waals surface area contributed by atoms with Crippen LogP contribution < -0.4 is 34.3 Å². The summed E-state index contributed by atoms with van der Waals surface area (Å²) in [6, 6.07) is 15.7. The number of rotatable bonds is 2. The third kappa shape index (κ3) is 2.95. The molecule has 0 atom stereocenters. The first kappa shape index (κ1) is 14.0. The molecule has 3 aromatic rings. The van der Waals surface area contributed by atoms with Gasteiger partial charge in [0.1, 0.15) is 5.75 Å². The maximum absolute atomic E-state index is 5.22. The molecule has 4 heteroatoms. The number of methoxy groups -OCH3 is 1. The fourth-order valence-corrected chi connectivity index (χ4v) is 1.88. The van der Waals surface area contributed by atoms with Gasteiger partial charge in [-0.15, -0.1) is 0 Å². The number of aromatic nitrogens is 2. The molecule has 88 valence electrons. The molecule has 0 amide bonds. The predicted octanol–water partition coefficient (Wildman–Crippen LogP) is 0.309. The number of nitrogens with zero attached hydrogens (tertiary/aromatic N) is 2. The molecular weight excluding hydrogens is 247 g/mol. The Kier molecular flexibility index (Phi) is 4.53. The molecular formula is C15H12N2NaO+. The van der Waals surface area contributed by atoms with Gasteiger partial charge in [-0.3, -0.25) is 4.98 Å². The van der Waals surface area contributed by atoms with Crippen LogP contribution in [-0.4, -0.2) is 17.1 Å². The Balaban J connectivity index is 0.00000133. The first-order valence-corrected chi connectivity index (χ1v) is 5.73. The largest absolute Gasteiger partial charge is 1.00 e. The molecule has 0 N–H and O–H groups in total. The third-order valence-electron chi connectivity index (χ3n) is 2.81. The van der Waals surface area contributed by atoms with Gasteiger partial charge in [0.25, 0.3) is 0 Å². The van der Waals surface area contributed by atoms with Crippen LogP contribution in [0.5, 0.6) is 5.75 Å². The van der Waals surface area contributed by atoms with Crippen LogP contribution >= 0.6 is 0 Å². The third-order valence-corrected chi connectivity index (χ3v) is 2.81. The van der Waals surface area contributed by atoms with E-state index in [9.17, 15) is 0 Å². The van der Waals surface area contributed by atoms with Crippen molar-refractivity contribution in [3.8, 4) is 17.0 Å². The summed E-state index contributed by atoms with van der Waals surface area (Å²) in [5.74, 6) is 0.822. The maximum Gasteiger partial charge on any atom is 1.00 e. The van der Waals surface area contributed by atoms with Gasteiger partial charge in [0.15, 0.2) is 0 Å². The van der Waals surface area contributed by atoms with E-state index >= 15 is 0 Å². The number of fused-ring (bicyclic) bond motifs is 1. The SMILES string of the molecule is COc1cccc(-c2cnc3ccccc3n2)c1.[Na+]. The zero-order valence-corrected chi connectivity index (χ0v) is 13.0. The van der Waals surface area contributed by atoms with Crippen LogP contribution in [0.15, 0.2) is 54.7 Å². The molecule has 3 nitrogen and oxygen atoms in total. The van der Waals surface area contributed by atoms with Gasteiger partial charge >= 0.3 is 29.6 Å². The van der Waals surface area contributed by atoms with Crippen molar-refractivity contribution in [2.24, 2.45) is 0 Å². The molecule has 0 unspecified atom stereocenters. The molecule has 19 heavy (non-hydrogen) atoms. The van der Waals surface area contributed by atoms with Crippen molar-refractivity contribution in [3.63, 3.8) is 0 Å². The average Bonchev–Trinajstić information content (AvgIpc) is 2.47. The quantitative estimate of drug-likeness (QED) is 0.621. The van der Waals surface area contributed by atoms with Crippen LogP contribution in [0.25, 0.3) is 22.3 Å². The Morgan fingerprint density at radius 2 is 1.74 bits per heavy atom. The number of hydrogen-bond acceptors (Lipinski definition) is 3. The molecule has 2 aromatic carbocycles. The van der Waals surface area contributed by atoms with Crippen LogP contribution in [0.1, 0.15) is 0 Å². The van der Waals surface area contributed by atoms with Crippen LogP contribution in [0, 0.1) is 0 Å². The average molecular weight is 259 g/mol. The number of hydrogen-bond donors (Lipinski definition) is 0. The molecule has 0 aliphatic heterocycles. The standard InChI is InChI=1S/C15H12N2O.Na/c1-18-12-6-4-5-11(9-12)15-10-16-13-7-2-3-8-14(13)17-15;/h2-10H,1H3;/q;+1. The molecule has 1 heterocycles. The molecule has 0 radical (unpaired) electrons. The Morgan fingerprint density at radius 1 is 0.947 bits per heavy atom. The fraction of sp³-hybridized carbons (Fsp3) is 0.0667. The summed E-state index contributed by atoms with van der Waals surface area (Å²) in [6.07, 6.45) is 1.79. The molecule has 0 saturated heterocycles. The van der Waals surface area contributed by atoms with Gasteiger partial charge < -0.3 is 4.74 Å². The van der Waals surface area contributed by atoms with Crippen LogP contribution in [0.4, 0.5) is 0 Å². The van der Waals surface area contributed by atoms with Crippen molar-refractivity contribution >= 4 is 11.0 Å². The van der Waals surface area contributed by atoms with Gasteiger partial charge in [-0.1, -0.05) is 24.3 Å². The van der Waals surface area contributed by atoms with Gasteiger partial charge in [0, 0.05) is 5.56 Å². The first-order valence-electron chi connectivity index (χ1n) is 5.73. The van der Waals surface area contributed by atoms with Gasteiger partial charge in [-0.05, 0) is 24.3 Å². The smallest absolute Gasteiger partial charge is 0.497 e. The zero-order chi connectivity index (χ0) is 12.4. The monoisotopic (exact) mass is 259 g/mol. The second-order valence-electron chi connectivity index (χ2n) is 3.98. The minimum Gasteiger partial charge on any atom is -0.497 e. The van der Waals surface area contributed by atoms with Crippen molar-refractivity contribution in [2.75, 3.05) is 7.11 Å². The van der Waals surface area contributed by atoms with Crippen molar-refractivity contribution in [2.45, 2.75) is 0 Å². The van der Waals surface area contributed by atoms with Crippen LogP contribution in [0.2, 0.25) is 0 Å². The van der Waals surface area contributed by atoms with Crippen molar-refractivity contribution in [3.05, 3.63) is 54.7 Å². The normalized spacial score (nSPS) is 9.95. The summed E-state index contributed by atoms with van der Waals surface area (Å²) in [5.41, 5.74) is 3.67. The predicted molar refractivity (Wildman–Crippen MR) is 71.5 cm³/mol. The second-order valence-corrected chi connectivity index (χ2v) is 3.98. The molecule has 0 saturated carbocycles. The van der Waals surface area contributed by atoms with E-state index in [0.717, 1.165) is 28.0 Å². The molecule has 0 bridgehead atoms. The minimum atomic E-state index is 0. The van der Waals surface area contributed by atoms with Crippen LogP contribution in [0.3, 0.4) is 0 Å². The number of para-hydroxylation sites is 2. The van der Waals surface area contributed by atoms with Gasteiger partial charge in [-0.2, -0.15) is 0 Å². The Hall–Kier alpha value is -1.42.